The summed E-state index contributed by atoms with van der Waals surface area (Å²) in [6, 6.07) is 18.5. The molecule has 0 atom stereocenters. The highest BCUT2D eigenvalue weighted by Crippen LogP contribution is 2.29. The van der Waals surface area contributed by atoms with Gasteiger partial charge in [-0.3, -0.25) is 0 Å². The fourth-order valence-electron chi connectivity index (χ4n) is 2.80. The molecule has 140 valence electrons. The Kier molecular flexibility index (Phi) is 7.53. The second-order valence-electron chi connectivity index (χ2n) is 6.36. The molecular weight excluding hydrogens is 348 g/mol. The Morgan fingerprint density at radius 3 is 2.35 bits per heavy atom. The molecule has 1 saturated heterocycles. The Morgan fingerprint density at radius 2 is 1.62 bits per heavy atom. The van der Waals surface area contributed by atoms with Gasteiger partial charge in [-0.05, 0) is 24.6 Å². The molecule has 0 N–H and O–H groups in total. The van der Waals surface area contributed by atoms with E-state index in [4.69, 9.17) is 18.4 Å². The standard InChI is InChI=1S/C21H26O4S/c1-18-7-9-20(10-8-18)26-25-14-12-21(23-15-16-24-21)11-13-22-17-19-5-3-2-4-6-19/h2-10H,11-17H2,1H3. The van der Waals surface area contributed by atoms with E-state index in [9.17, 15) is 0 Å². The number of ether oxygens (including phenoxy) is 3. The summed E-state index contributed by atoms with van der Waals surface area (Å²) in [6.07, 6.45) is 1.40. The zero-order valence-corrected chi connectivity index (χ0v) is 16.0. The number of hydrogen-bond donors (Lipinski definition) is 0. The Balaban J connectivity index is 1.37. The molecule has 26 heavy (non-hydrogen) atoms. The highest BCUT2D eigenvalue weighted by Gasteiger charge is 2.36. The number of aryl methyl sites for hydroxylation is 1. The molecule has 0 saturated carbocycles. The van der Waals surface area contributed by atoms with E-state index in [0.717, 1.165) is 4.90 Å². The maximum atomic E-state index is 5.87. The van der Waals surface area contributed by atoms with Crippen LogP contribution in [-0.2, 0) is 25.0 Å². The predicted molar refractivity (Wildman–Crippen MR) is 103 cm³/mol. The monoisotopic (exact) mass is 374 g/mol. The first-order chi connectivity index (χ1) is 12.8. The third-order valence-corrected chi connectivity index (χ3v) is 5.04. The van der Waals surface area contributed by atoms with Crippen LogP contribution in [0.4, 0.5) is 0 Å². The fraction of sp³-hybridized carbons (Fsp3) is 0.429. The molecule has 2 aromatic carbocycles. The van der Waals surface area contributed by atoms with E-state index in [1.807, 2.05) is 18.2 Å². The van der Waals surface area contributed by atoms with Crippen molar-refractivity contribution in [3.05, 3.63) is 65.7 Å². The number of hydrogen-bond acceptors (Lipinski definition) is 5. The maximum absolute atomic E-state index is 5.87. The van der Waals surface area contributed by atoms with E-state index in [1.54, 1.807) is 0 Å². The van der Waals surface area contributed by atoms with Gasteiger partial charge in [0.2, 0.25) is 0 Å². The van der Waals surface area contributed by atoms with E-state index >= 15 is 0 Å². The van der Waals surface area contributed by atoms with Gasteiger partial charge >= 0.3 is 0 Å². The van der Waals surface area contributed by atoms with E-state index < -0.39 is 5.79 Å². The summed E-state index contributed by atoms with van der Waals surface area (Å²) < 4.78 is 23.3. The normalized spacial score (nSPS) is 16.0. The second-order valence-corrected chi connectivity index (χ2v) is 7.24. The van der Waals surface area contributed by atoms with E-state index in [-0.39, 0.29) is 0 Å². The molecule has 3 rings (SSSR count). The Labute approximate surface area is 160 Å². The molecular formula is C21H26O4S. The average Bonchev–Trinajstić information content (AvgIpc) is 3.14. The van der Waals surface area contributed by atoms with Gasteiger partial charge in [0.1, 0.15) is 0 Å². The van der Waals surface area contributed by atoms with Crippen molar-refractivity contribution >= 4 is 12.0 Å². The van der Waals surface area contributed by atoms with Gasteiger partial charge in [-0.15, -0.1) is 0 Å². The molecule has 0 unspecified atom stereocenters. The van der Waals surface area contributed by atoms with Crippen LogP contribution in [0.25, 0.3) is 0 Å². The maximum Gasteiger partial charge on any atom is 0.172 e. The summed E-state index contributed by atoms with van der Waals surface area (Å²) in [5, 5.41) is 0. The van der Waals surface area contributed by atoms with Gasteiger partial charge in [0, 0.05) is 29.8 Å². The van der Waals surface area contributed by atoms with Gasteiger partial charge in [0.25, 0.3) is 0 Å². The third kappa shape index (κ3) is 6.11. The lowest BCUT2D eigenvalue weighted by atomic mass is 10.1. The third-order valence-electron chi connectivity index (χ3n) is 4.29. The van der Waals surface area contributed by atoms with Crippen molar-refractivity contribution in [1.29, 1.82) is 0 Å². The predicted octanol–water partition coefficient (Wildman–Crippen LogP) is 4.76. The van der Waals surface area contributed by atoms with Crippen LogP contribution in [-0.4, -0.2) is 32.2 Å². The minimum absolute atomic E-state index is 0.567. The molecule has 1 aliphatic heterocycles. The van der Waals surface area contributed by atoms with Crippen LogP contribution >= 0.6 is 12.0 Å². The fourth-order valence-corrected chi connectivity index (χ4v) is 3.35. The van der Waals surface area contributed by atoms with Crippen LogP contribution in [0.5, 0.6) is 0 Å². The van der Waals surface area contributed by atoms with E-state index in [0.29, 0.717) is 45.9 Å². The quantitative estimate of drug-likeness (QED) is 0.443. The van der Waals surface area contributed by atoms with Crippen molar-refractivity contribution in [3.8, 4) is 0 Å². The van der Waals surface area contributed by atoms with Gasteiger partial charge in [-0.2, -0.15) is 0 Å². The minimum Gasteiger partial charge on any atom is -0.377 e. The van der Waals surface area contributed by atoms with Crippen LogP contribution < -0.4 is 0 Å². The SMILES string of the molecule is Cc1ccc(SOCCC2(CCOCc3ccccc3)OCCO2)cc1. The van der Waals surface area contributed by atoms with Gasteiger partial charge in [-0.25, -0.2) is 0 Å². The van der Waals surface area contributed by atoms with Crippen molar-refractivity contribution in [3.63, 3.8) is 0 Å². The minimum atomic E-state index is -0.579. The lowest BCUT2D eigenvalue weighted by molar-refractivity contribution is -0.178. The van der Waals surface area contributed by atoms with Gasteiger partial charge in [0.15, 0.2) is 5.79 Å². The Hall–Kier alpha value is -1.37. The van der Waals surface area contributed by atoms with Crippen LogP contribution in [0.15, 0.2) is 59.5 Å². The molecule has 1 heterocycles. The van der Waals surface area contributed by atoms with Gasteiger partial charge in [-0.1, -0.05) is 48.0 Å². The largest absolute Gasteiger partial charge is 0.377 e. The molecule has 0 radical (unpaired) electrons. The lowest BCUT2D eigenvalue weighted by Gasteiger charge is -2.27. The summed E-state index contributed by atoms with van der Waals surface area (Å²) in [4.78, 5) is 1.10. The first-order valence-electron chi connectivity index (χ1n) is 9.02. The summed E-state index contributed by atoms with van der Waals surface area (Å²) in [6.45, 7) is 5.11. The summed E-state index contributed by atoms with van der Waals surface area (Å²) in [5.74, 6) is -0.579. The number of rotatable bonds is 10. The van der Waals surface area contributed by atoms with Crippen molar-refractivity contribution in [2.24, 2.45) is 0 Å². The molecule has 1 aliphatic rings. The molecule has 1 fully saturated rings. The van der Waals surface area contributed by atoms with Crippen LogP contribution in [0.2, 0.25) is 0 Å². The highest BCUT2D eigenvalue weighted by molar-refractivity contribution is 7.94. The molecule has 0 aromatic heterocycles. The van der Waals surface area contributed by atoms with Gasteiger partial charge < -0.3 is 18.4 Å². The van der Waals surface area contributed by atoms with Crippen LogP contribution in [0.3, 0.4) is 0 Å². The summed E-state index contributed by atoms with van der Waals surface area (Å²) in [7, 11) is 0. The summed E-state index contributed by atoms with van der Waals surface area (Å²) in [5.41, 5.74) is 2.42. The van der Waals surface area contributed by atoms with E-state index in [2.05, 4.69) is 43.3 Å². The van der Waals surface area contributed by atoms with E-state index in [1.165, 1.54) is 23.2 Å². The first-order valence-corrected chi connectivity index (χ1v) is 9.76. The topological polar surface area (TPSA) is 36.9 Å². The molecule has 0 spiro atoms. The summed E-state index contributed by atoms with van der Waals surface area (Å²) >= 11 is 1.39. The van der Waals surface area contributed by atoms with Crippen molar-refractivity contribution in [2.45, 2.75) is 37.1 Å². The zero-order valence-electron chi connectivity index (χ0n) is 15.2. The smallest absolute Gasteiger partial charge is 0.172 e. The lowest BCUT2D eigenvalue weighted by Crippen LogP contribution is -2.33. The second kappa shape index (κ2) is 10.1. The van der Waals surface area contributed by atoms with Crippen molar-refractivity contribution < 1.29 is 18.4 Å². The molecule has 0 amide bonds. The molecule has 2 aromatic rings. The van der Waals surface area contributed by atoms with Gasteiger partial charge in [0.05, 0.1) is 33.0 Å². The van der Waals surface area contributed by atoms with Crippen LogP contribution in [0, 0.1) is 6.92 Å². The Morgan fingerprint density at radius 1 is 0.923 bits per heavy atom. The van der Waals surface area contributed by atoms with Crippen molar-refractivity contribution in [2.75, 3.05) is 26.4 Å². The molecule has 0 bridgehead atoms. The average molecular weight is 375 g/mol. The zero-order chi connectivity index (χ0) is 18.1. The first kappa shape index (κ1) is 19.4. The van der Waals surface area contributed by atoms with Crippen LogP contribution in [0.1, 0.15) is 24.0 Å². The molecule has 0 aliphatic carbocycles. The molecule has 4 nitrogen and oxygen atoms in total. The Bertz CT molecular complexity index is 639. The molecule has 5 heteroatoms. The highest BCUT2D eigenvalue weighted by atomic mass is 32.2. The number of benzene rings is 2. The van der Waals surface area contributed by atoms with Crippen molar-refractivity contribution in [1.82, 2.24) is 0 Å².